The van der Waals surface area contributed by atoms with E-state index >= 15 is 0 Å². The Morgan fingerprint density at radius 2 is 1.79 bits per heavy atom. The Morgan fingerprint density at radius 1 is 1.12 bits per heavy atom. The number of carbonyl (C=O) groups is 1. The molecule has 4 heteroatoms. The molecule has 0 aliphatic rings. The zero-order valence-corrected chi connectivity index (χ0v) is 14.7. The number of amides is 1. The topological polar surface area (TPSA) is 41.6 Å². The average Bonchev–Trinajstić information content (AvgIpc) is 2.61. The summed E-state index contributed by atoms with van der Waals surface area (Å²) in [6.07, 6.45) is 0.381. The second-order valence-corrected chi connectivity index (χ2v) is 5.93. The lowest BCUT2D eigenvalue weighted by molar-refractivity contribution is -0.127. The molecule has 0 fully saturated rings. The molecule has 0 spiro atoms. The van der Waals surface area contributed by atoms with E-state index in [-0.39, 0.29) is 5.91 Å². The zero-order valence-electron chi connectivity index (χ0n) is 14.7. The van der Waals surface area contributed by atoms with Crippen LogP contribution in [-0.2, 0) is 4.79 Å². The fourth-order valence-corrected chi connectivity index (χ4v) is 2.42. The third kappa shape index (κ3) is 5.30. The Kier molecular flexibility index (Phi) is 6.67. The van der Waals surface area contributed by atoms with Crippen LogP contribution in [0.25, 0.3) is 0 Å². The van der Waals surface area contributed by atoms with Crippen LogP contribution in [0.15, 0.2) is 54.6 Å². The number of rotatable bonds is 8. The first-order valence-electron chi connectivity index (χ1n) is 8.34. The summed E-state index contributed by atoms with van der Waals surface area (Å²) >= 11 is 0. The second-order valence-electron chi connectivity index (χ2n) is 5.93. The largest absolute Gasteiger partial charge is 0.481 e. The van der Waals surface area contributed by atoms with Crippen LogP contribution < -0.4 is 15.0 Å². The van der Waals surface area contributed by atoms with Crippen LogP contribution in [0.5, 0.6) is 5.75 Å². The van der Waals surface area contributed by atoms with Gasteiger partial charge in [0.05, 0.1) is 0 Å². The molecule has 2 aromatic rings. The van der Waals surface area contributed by atoms with Gasteiger partial charge in [-0.05, 0) is 44.0 Å². The minimum Gasteiger partial charge on any atom is -0.481 e. The number of benzene rings is 2. The van der Waals surface area contributed by atoms with Gasteiger partial charge in [0, 0.05) is 25.8 Å². The minimum absolute atomic E-state index is 0.0828. The third-order valence-corrected chi connectivity index (χ3v) is 3.93. The van der Waals surface area contributed by atoms with E-state index in [2.05, 4.69) is 29.4 Å². The van der Waals surface area contributed by atoms with E-state index in [9.17, 15) is 4.79 Å². The summed E-state index contributed by atoms with van der Waals surface area (Å²) in [5.41, 5.74) is 2.21. The minimum atomic E-state index is -0.502. The molecule has 1 amide bonds. The molecule has 0 radical (unpaired) electrons. The molecule has 0 heterocycles. The van der Waals surface area contributed by atoms with Gasteiger partial charge in [-0.25, -0.2) is 0 Å². The molecule has 1 atom stereocenters. The highest BCUT2D eigenvalue weighted by Crippen LogP contribution is 2.17. The van der Waals surface area contributed by atoms with Crippen LogP contribution in [-0.4, -0.2) is 32.1 Å². The zero-order chi connectivity index (χ0) is 17.4. The normalized spacial score (nSPS) is 11.6. The average molecular weight is 326 g/mol. The molecular formula is C20H26N2O2. The van der Waals surface area contributed by atoms with Gasteiger partial charge in [0.1, 0.15) is 5.75 Å². The molecule has 128 valence electrons. The van der Waals surface area contributed by atoms with Gasteiger partial charge >= 0.3 is 0 Å². The van der Waals surface area contributed by atoms with Gasteiger partial charge in [0.25, 0.3) is 5.91 Å². The Balaban J connectivity index is 1.70. The molecule has 0 aromatic heterocycles. The van der Waals surface area contributed by atoms with Gasteiger partial charge in [0.15, 0.2) is 6.10 Å². The molecule has 24 heavy (non-hydrogen) atoms. The standard InChI is InChI=1S/C20H26N2O2/c1-16-10-7-8-13-19(16)24-17(2)20(23)21-14-9-15-22(3)18-11-5-4-6-12-18/h4-8,10-13,17H,9,14-15H2,1-3H3,(H,21,23). The molecule has 2 rings (SSSR count). The molecule has 4 nitrogen and oxygen atoms in total. The van der Waals surface area contributed by atoms with E-state index < -0.39 is 6.10 Å². The maximum absolute atomic E-state index is 12.1. The summed E-state index contributed by atoms with van der Waals surface area (Å²) < 4.78 is 5.73. The Bertz CT molecular complexity index is 643. The lowest BCUT2D eigenvalue weighted by Gasteiger charge is -2.20. The summed E-state index contributed by atoms with van der Waals surface area (Å²) in [6, 6.07) is 17.9. The molecule has 0 aliphatic heterocycles. The summed E-state index contributed by atoms with van der Waals surface area (Å²) in [7, 11) is 2.06. The van der Waals surface area contributed by atoms with Crippen LogP contribution in [0, 0.1) is 6.92 Å². The van der Waals surface area contributed by atoms with Crippen molar-refractivity contribution < 1.29 is 9.53 Å². The molecule has 0 saturated heterocycles. The van der Waals surface area contributed by atoms with E-state index in [1.807, 2.05) is 49.4 Å². The molecule has 0 saturated carbocycles. The van der Waals surface area contributed by atoms with Crippen molar-refractivity contribution >= 4 is 11.6 Å². The smallest absolute Gasteiger partial charge is 0.260 e. The summed E-state index contributed by atoms with van der Waals surface area (Å²) in [5, 5.41) is 2.94. The number of hydrogen-bond donors (Lipinski definition) is 1. The second kappa shape index (κ2) is 8.96. The van der Waals surface area contributed by atoms with Crippen LogP contribution >= 0.6 is 0 Å². The first kappa shape index (κ1) is 17.9. The van der Waals surface area contributed by atoms with E-state index in [0.717, 1.165) is 24.3 Å². The molecule has 1 unspecified atom stereocenters. The Morgan fingerprint density at radius 3 is 2.50 bits per heavy atom. The van der Waals surface area contributed by atoms with Crippen molar-refractivity contribution in [1.82, 2.24) is 5.32 Å². The van der Waals surface area contributed by atoms with E-state index in [0.29, 0.717) is 6.54 Å². The number of aryl methyl sites for hydroxylation is 1. The quantitative estimate of drug-likeness (QED) is 0.756. The lowest BCUT2D eigenvalue weighted by atomic mass is 10.2. The van der Waals surface area contributed by atoms with Crippen LogP contribution in [0.1, 0.15) is 18.9 Å². The maximum atomic E-state index is 12.1. The van der Waals surface area contributed by atoms with Crippen molar-refractivity contribution in [2.45, 2.75) is 26.4 Å². The summed E-state index contributed by atoms with van der Waals surface area (Å²) in [6.45, 7) is 5.27. The Hall–Kier alpha value is -2.49. The number of hydrogen-bond acceptors (Lipinski definition) is 3. The molecule has 0 bridgehead atoms. The first-order valence-corrected chi connectivity index (χ1v) is 8.34. The van der Waals surface area contributed by atoms with Crippen LogP contribution in [0.4, 0.5) is 5.69 Å². The molecule has 2 aromatic carbocycles. The van der Waals surface area contributed by atoms with Crippen molar-refractivity contribution in [3.05, 3.63) is 60.2 Å². The predicted molar refractivity (Wildman–Crippen MR) is 98.6 cm³/mol. The van der Waals surface area contributed by atoms with Crippen LogP contribution in [0.2, 0.25) is 0 Å². The number of nitrogens with one attached hydrogen (secondary N) is 1. The van der Waals surface area contributed by atoms with Gasteiger partial charge in [-0.3, -0.25) is 4.79 Å². The maximum Gasteiger partial charge on any atom is 0.260 e. The number of ether oxygens (including phenoxy) is 1. The molecule has 0 aliphatic carbocycles. The fourth-order valence-electron chi connectivity index (χ4n) is 2.42. The molecular weight excluding hydrogens is 300 g/mol. The SMILES string of the molecule is Cc1ccccc1OC(C)C(=O)NCCCN(C)c1ccccc1. The van der Waals surface area contributed by atoms with Crippen molar-refractivity contribution in [3.8, 4) is 5.75 Å². The summed E-state index contributed by atoms with van der Waals surface area (Å²) in [4.78, 5) is 14.3. The predicted octanol–water partition coefficient (Wildman–Crippen LogP) is 3.41. The van der Waals surface area contributed by atoms with Gasteiger partial charge in [-0.1, -0.05) is 36.4 Å². The number of nitrogens with zero attached hydrogens (tertiary/aromatic N) is 1. The van der Waals surface area contributed by atoms with E-state index in [1.54, 1.807) is 6.92 Å². The third-order valence-electron chi connectivity index (χ3n) is 3.93. The van der Waals surface area contributed by atoms with Gasteiger partial charge in [-0.15, -0.1) is 0 Å². The highest BCUT2D eigenvalue weighted by atomic mass is 16.5. The lowest BCUT2D eigenvalue weighted by Crippen LogP contribution is -2.37. The van der Waals surface area contributed by atoms with Crippen molar-refractivity contribution in [3.63, 3.8) is 0 Å². The first-order chi connectivity index (χ1) is 11.6. The van der Waals surface area contributed by atoms with Gasteiger partial charge < -0.3 is 15.0 Å². The summed E-state index contributed by atoms with van der Waals surface area (Å²) in [5.74, 6) is 0.671. The number of anilines is 1. The van der Waals surface area contributed by atoms with Crippen molar-refractivity contribution in [1.29, 1.82) is 0 Å². The highest BCUT2D eigenvalue weighted by molar-refractivity contribution is 5.80. The monoisotopic (exact) mass is 326 g/mol. The van der Waals surface area contributed by atoms with Gasteiger partial charge in [0.2, 0.25) is 0 Å². The highest BCUT2D eigenvalue weighted by Gasteiger charge is 2.14. The van der Waals surface area contributed by atoms with Gasteiger partial charge in [-0.2, -0.15) is 0 Å². The fraction of sp³-hybridized carbons (Fsp3) is 0.350. The van der Waals surface area contributed by atoms with Crippen molar-refractivity contribution in [2.75, 3.05) is 25.0 Å². The van der Waals surface area contributed by atoms with E-state index in [4.69, 9.17) is 4.74 Å². The Labute approximate surface area is 144 Å². The van der Waals surface area contributed by atoms with Crippen molar-refractivity contribution in [2.24, 2.45) is 0 Å². The molecule has 1 N–H and O–H groups in total. The van der Waals surface area contributed by atoms with Crippen LogP contribution in [0.3, 0.4) is 0 Å². The number of para-hydroxylation sites is 2. The van der Waals surface area contributed by atoms with E-state index in [1.165, 1.54) is 5.69 Å². The number of carbonyl (C=O) groups excluding carboxylic acids is 1.